The van der Waals surface area contributed by atoms with E-state index in [0.717, 1.165) is 23.5 Å². The summed E-state index contributed by atoms with van der Waals surface area (Å²) in [6.45, 7) is 3.58. The van der Waals surface area contributed by atoms with Gasteiger partial charge in [-0.1, -0.05) is 18.2 Å². The molecule has 1 aromatic carbocycles. The zero-order valence-electron chi connectivity index (χ0n) is 9.77. The molecule has 0 saturated carbocycles. The van der Waals surface area contributed by atoms with Crippen LogP contribution in [0.1, 0.15) is 25.8 Å². The quantitative estimate of drug-likeness (QED) is 0.878. The molecule has 1 aliphatic heterocycles. The molecule has 2 rings (SSSR count). The third kappa shape index (κ3) is 2.71. The van der Waals surface area contributed by atoms with E-state index >= 15 is 0 Å². The largest absolute Gasteiger partial charge is 0.489 e. The van der Waals surface area contributed by atoms with Crippen LogP contribution in [0.3, 0.4) is 0 Å². The highest BCUT2D eigenvalue weighted by atomic mass is 32.2. The second-order valence-corrected chi connectivity index (χ2v) is 5.81. The van der Waals surface area contributed by atoms with Crippen LogP contribution < -0.4 is 4.74 Å². The number of para-hydroxylation sites is 1. The van der Waals surface area contributed by atoms with Crippen LogP contribution in [0.5, 0.6) is 5.75 Å². The Hall–Kier alpha value is -0.670. The maximum absolute atomic E-state index is 10.1. The number of thioether (sulfide) groups is 1. The Morgan fingerprint density at radius 1 is 1.38 bits per heavy atom. The van der Waals surface area contributed by atoms with E-state index in [-0.39, 0.29) is 0 Å². The summed E-state index contributed by atoms with van der Waals surface area (Å²) < 4.78 is 5.95. The molecule has 0 bridgehead atoms. The van der Waals surface area contributed by atoms with Gasteiger partial charge >= 0.3 is 0 Å². The smallest absolute Gasteiger partial charge is 0.125 e. The second kappa shape index (κ2) is 4.68. The molecule has 1 heterocycles. The van der Waals surface area contributed by atoms with Gasteiger partial charge in [0.15, 0.2) is 0 Å². The van der Waals surface area contributed by atoms with Gasteiger partial charge in [0.05, 0.1) is 5.60 Å². The first-order valence-corrected chi connectivity index (χ1v) is 6.79. The van der Waals surface area contributed by atoms with Crippen molar-refractivity contribution in [2.24, 2.45) is 0 Å². The van der Waals surface area contributed by atoms with Crippen LogP contribution >= 0.6 is 11.8 Å². The van der Waals surface area contributed by atoms with Gasteiger partial charge in [0.2, 0.25) is 0 Å². The van der Waals surface area contributed by atoms with Crippen LogP contribution in [0.25, 0.3) is 0 Å². The molecule has 0 aromatic heterocycles. The fourth-order valence-corrected chi connectivity index (χ4v) is 2.95. The Balaban J connectivity index is 2.19. The molecule has 16 heavy (non-hydrogen) atoms. The summed E-state index contributed by atoms with van der Waals surface area (Å²) in [4.78, 5) is 0. The molecule has 88 valence electrons. The average molecular weight is 238 g/mol. The molecule has 0 spiro atoms. The molecule has 0 amide bonds. The van der Waals surface area contributed by atoms with Crippen LogP contribution in [0, 0.1) is 0 Å². The first-order chi connectivity index (χ1) is 7.57. The maximum atomic E-state index is 10.1. The monoisotopic (exact) mass is 238 g/mol. The summed E-state index contributed by atoms with van der Waals surface area (Å²) in [6.07, 6.45) is 1.40. The fourth-order valence-electron chi connectivity index (χ4n) is 1.86. The first-order valence-electron chi connectivity index (χ1n) is 5.63. The minimum Gasteiger partial charge on any atom is -0.489 e. The van der Waals surface area contributed by atoms with E-state index in [2.05, 4.69) is 0 Å². The molecular weight excluding hydrogens is 220 g/mol. The van der Waals surface area contributed by atoms with E-state index < -0.39 is 5.60 Å². The Labute approximate surface area is 101 Å². The van der Waals surface area contributed by atoms with Crippen molar-refractivity contribution >= 4 is 11.8 Å². The molecule has 0 aliphatic carbocycles. The Kier molecular flexibility index (Phi) is 3.45. The van der Waals surface area contributed by atoms with Crippen molar-refractivity contribution < 1.29 is 9.84 Å². The van der Waals surface area contributed by atoms with Crippen LogP contribution in [0.4, 0.5) is 0 Å². The summed E-state index contributed by atoms with van der Waals surface area (Å²) in [6, 6.07) is 7.75. The molecule has 1 aromatic rings. The van der Waals surface area contributed by atoms with Gasteiger partial charge in [-0.3, -0.25) is 0 Å². The lowest BCUT2D eigenvalue weighted by Gasteiger charge is -2.23. The molecule has 0 radical (unpaired) electrons. The van der Waals surface area contributed by atoms with Crippen molar-refractivity contribution in [1.29, 1.82) is 0 Å². The molecule has 1 atom stereocenters. The van der Waals surface area contributed by atoms with Gasteiger partial charge in [-0.05, 0) is 32.1 Å². The van der Waals surface area contributed by atoms with Gasteiger partial charge in [0, 0.05) is 11.3 Å². The highest BCUT2D eigenvalue weighted by Crippen LogP contribution is 2.32. The number of ether oxygens (including phenoxy) is 1. The number of aliphatic hydroxyl groups is 1. The van der Waals surface area contributed by atoms with Crippen LogP contribution in [0.2, 0.25) is 0 Å². The predicted octanol–water partition coefficient (Wildman–Crippen LogP) is 2.80. The van der Waals surface area contributed by atoms with Crippen LogP contribution in [0.15, 0.2) is 24.3 Å². The summed E-state index contributed by atoms with van der Waals surface area (Å²) in [7, 11) is 0. The van der Waals surface area contributed by atoms with E-state index in [1.807, 2.05) is 36.0 Å². The van der Waals surface area contributed by atoms with Crippen molar-refractivity contribution in [1.82, 2.24) is 0 Å². The fraction of sp³-hybridized carbons (Fsp3) is 0.538. The van der Waals surface area contributed by atoms with Crippen LogP contribution in [-0.2, 0) is 5.60 Å². The minimum absolute atomic E-state index is 0.300. The lowest BCUT2D eigenvalue weighted by Crippen LogP contribution is -2.21. The molecule has 3 heteroatoms. The Bertz CT molecular complexity index is 351. The standard InChI is InChI=1S/C13H18O2S/c1-13(2,14)11-5-3-4-6-12(11)15-10-7-8-16-9-10/h3-6,10,14H,7-9H2,1-2H3. The van der Waals surface area contributed by atoms with E-state index in [1.54, 1.807) is 13.8 Å². The minimum atomic E-state index is -0.845. The van der Waals surface area contributed by atoms with E-state index in [9.17, 15) is 5.11 Å². The third-order valence-electron chi connectivity index (χ3n) is 2.73. The first kappa shape index (κ1) is 11.8. The summed E-state index contributed by atoms with van der Waals surface area (Å²) in [5.41, 5.74) is 0.0226. The van der Waals surface area contributed by atoms with E-state index in [0.29, 0.717) is 6.10 Å². The molecule has 2 nitrogen and oxygen atoms in total. The summed E-state index contributed by atoms with van der Waals surface area (Å²) in [5.74, 6) is 3.05. The highest BCUT2D eigenvalue weighted by molar-refractivity contribution is 7.99. The Morgan fingerprint density at radius 3 is 2.75 bits per heavy atom. The van der Waals surface area contributed by atoms with Crippen molar-refractivity contribution in [3.8, 4) is 5.75 Å². The molecule has 1 aliphatic rings. The molecule has 1 saturated heterocycles. The molecule has 1 N–H and O–H groups in total. The van der Waals surface area contributed by atoms with Crippen molar-refractivity contribution in [3.63, 3.8) is 0 Å². The van der Waals surface area contributed by atoms with E-state index in [1.165, 1.54) is 5.75 Å². The molecular formula is C13H18O2S. The lowest BCUT2D eigenvalue weighted by atomic mass is 9.97. The van der Waals surface area contributed by atoms with Crippen molar-refractivity contribution in [3.05, 3.63) is 29.8 Å². The number of hydrogen-bond acceptors (Lipinski definition) is 3. The predicted molar refractivity (Wildman–Crippen MR) is 68.0 cm³/mol. The van der Waals surface area contributed by atoms with Crippen LogP contribution in [-0.4, -0.2) is 22.7 Å². The molecule has 1 unspecified atom stereocenters. The van der Waals surface area contributed by atoms with Gasteiger partial charge in [0.1, 0.15) is 11.9 Å². The maximum Gasteiger partial charge on any atom is 0.125 e. The van der Waals surface area contributed by atoms with Gasteiger partial charge < -0.3 is 9.84 Å². The summed E-state index contributed by atoms with van der Waals surface area (Å²) >= 11 is 1.93. The second-order valence-electron chi connectivity index (χ2n) is 4.66. The average Bonchev–Trinajstić information content (AvgIpc) is 2.70. The van der Waals surface area contributed by atoms with Crippen molar-refractivity contribution in [2.75, 3.05) is 11.5 Å². The highest BCUT2D eigenvalue weighted by Gasteiger charge is 2.23. The zero-order valence-corrected chi connectivity index (χ0v) is 10.6. The zero-order chi connectivity index (χ0) is 11.6. The van der Waals surface area contributed by atoms with Crippen molar-refractivity contribution in [2.45, 2.75) is 32.0 Å². The Morgan fingerprint density at radius 2 is 2.12 bits per heavy atom. The number of benzene rings is 1. The number of hydrogen-bond donors (Lipinski definition) is 1. The lowest BCUT2D eigenvalue weighted by molar-refractivity contribution is 0.0729. The molecule has 1 fully saturated rings. The SMILES string of the molecule is CC(C)(O)c1ccccc1OC1CCSC1. The van der Waals surface area contributed by atoms with E-state index in [4.69, 9.17) is 4.74 Å². The van der Waals surface area contributed by atoms with Gasteiger partial charge in [-0.15, -0.1) is 0 Å². The summed E-state index contributed by atoms with van der Waals surface area (Å²) in [5, 5.41) is 10.1. The van der Waals surface area contributed by atoms with Gasteiger partial charge in [-0.25, -0.2) is 0 Å². The van der Waals surface area contributed by atoms with Gasteiger partial charge in [-0.2, -0.15) is 11.8 Å². The number of rotatable bonds is 3. The third-order valence-corrected chi connectivity index (χ3v) is 3.86. The van der Waals surface area contributed by atoms with Gasteiger partial charge in [0.25, 0.3) is 0 Å². The normalized spacial score (nSPS) is 21.1. The topological polar surface area (TPSA) is 29.5 Å².